The summed E-state index contributed by atoms with van der Waals surface area (Å²) in [5.41, 5.74) is -0.231. The van der Waals surface area contributed by atoms with Crippen LogP contribution in [0.5, 0.6) is 0 Å². The molecule has 1 heterocycles. The minimum Gasteiger partial charge on any atom is -0.469 e. The van der Waals surface area contributed by atoms with Gasteiger partial charge in [0.05, 0.1) is 18.5 Å². The molecule has 0 saturated heterocycles. The zero-order valence-electron chi connectivity index (χ0n) is 11.4. The average molecular weight is 283 g/mol. The lowest BCUT2D eigenvalue weighted by Gasteiger charge is -2.09. The van der Waals surface area contributed by atoms with Gasteiger partial charge in [-0.3, -0.25) is 14.9 Å². The van der Waals surface area contributed by atoms with Gasteiger partial charge in [-0.25, -0.2) is 9.97 Å². The molecule has 0 unspecified atom stereocenters. The van der Waals surface area contributed by atoms with Crippen molar-refractivity contribution in [2.24, 2.45) is 0 Å². The number of methoxy groups -OCH3 is 1. The summed E-state index contributed by atoms with van der Waals surface area (Å²) in [6.07, 6.45) is 2.13. The summed E-state index contributed by atoms with van der Waals surface area (Å²) in [6.45, 7) is 2.70. The lowest BCUT2D eigenvalue weighted by molar-refractivity contribution is -0.383. The number of hydrogen-bond donors (Lipinski definition) is 2. The third-order valence-electron chi connectivity index (χ3n) is 2.40. The maximum Gasteiger partial charge on any atom is 0.353 e. The van der Waals surface area contributed by atoms with Crippen molar-refractivity contribution in [3.8, 4) is 0 Å². The Morgan fingerprint density at radius 1 is 1.35 bits per heavy atom. The fraction of sp³-hybridized carbons (Fsp3) is 0.545. The van der Waals surface area contributed by atoms with E-state index in [4.69, 9.17) is 0 Å². The van der Waals surface area contributed by atoms with Crippen LogP contribution in [0.2, 0.25) is 0 Å². The van der Waals surface area contributed by atoms with E-state index in [1.165, 1.54) is 13.4 Å². The summed E-state index contributed by atoms with van der Waals surface area (Å²) < 4.78 is 4.48. The summed E-state index contributed by atoms with van der Waals surface area (Å²) in [4.78, 5) is 29.2. The fourth-order valence-electron chi connectivity index (χ4n) is 1.44. The molecular formula is C11H17N5O4. The largest absolute Gasteiger partial charge is 0.469 e. The van der Waals surface area contributed by atoms with E-state index < -0.39 is 10.9 Å². The molecule has 110 valence electrons. The summed E-state index contributed by atoms with van der Waals surface area (Å²) in [7, 11) is 1.28. The Balaban J connectivity index is 2.83. The Labute approximate surface area is 115 Å². The molecule has 0 atom stereocenters. The van der Waals surface area contributed by atoms with Crippen molar-refractivity contribution >= 4 is 23.3 Å². The monoisotopic (exact) mass is 283 g/mol. The minimum atomic E-state index is -0.557. The third kappa shape index (κ3) is 4.34. The van der Waals surface area contributed by atoms with Crippen molar-refractivity contribution < 1.29 is 14.5 Å². The average Bonchev–Trinajstić information content (AvgIpc) is 2.44. The molecule has 9 heteroatoms. The number of rotatable bonds is 8. The molecule has 2 N–H and O–H groups in total. The van der Waals surface area contributed by atoms with E-state index in [1.54, 1.807) is 0 Å². The van der Waals surface area contributed by atoms with Crippen LogP contribution in [0.1, 0.15) is 19.8 Å². The summed E-state index contributed by atoms with van der Waals surface area (Å²) in [5, 5.41) is 16.7. The summed E-state index contributed by atoms with van der Waals surface area (Å²) in [6, 6.07) is 0. The molecule has 0 radical (unpaired) electrons. The number of carbonyl (C=O) groups is 1. The second-order valence-corrected chi connectivity index (χ2v) is 3.86. The van der Waals surface area contributed by atoms with Crippen LogP contribution in [0, 0.1) is 10.1 Å². The van der Waals surface area contributed by atoms with Crippen molar-refractivity contribution in [3.63, 3.8) is 0 Å². The molecule has 0 aromatic carbocycles. The highest BCUT2D eigenvalue weighted by Gasteiger charge is 2.22. The summed E-state index contributed by atoms with van der Waals surface area (Å²) >= 11 is 0. The Morgan fingerprint density at radius 3 is 2.45 bits per heavy atom. The maximum absolute atomic E-state index is 11.1. The van der Waals surface area contributed by atoms with E-state index in [0.717, 1.165) is 6.42 Å². The highest BCUT2D eigenvalue weighted by molar-refractivity contribution is 5.72. The van der Waals surface area contributed by atoms with E-state index in [1.807, 2.05) is 6.92 Å². The Bertz CT molecular complexity index is 480. The molecule has 0 aliphatic carbocycles. The third-order valence-corrected chi connectivity index (χ3v) is 2.40. The number of anilines is 2. The standard InChI is InChI=1S/C11H17N5O4/c1-3-5-12-10-9(16(18)19)11(15-7-14-10)13-6-4-8(17)20-2/h7H,3-6H2,1-2H3,(H2,12,13,14,15). The first-order valence-corrected chi connectivity index (χ1v) is 6.14. The normalized spacial score (nSPS) is 9.90. The van der Waals surface area contributed by atoms with Gasteiger partial charge in [-0.2, -0.15) is 0 Å². The van der Waals surface area contributed by atoms with Crippen molar-refractivity contribution in [1.82, 2.24) is 9.97 Å². The zero-order chi connectivity index (χ0) is 15.0. The molecule has 1 aromatic rings. The number of esters is 1. The summed E-state index contributed by atoms with van der Waals surface area (Å²) in [5.74, 6) is -0.168. The second-order valence-electron chi connectivity index (χ2n) is 3.86. The van der Waals surface area contributed by atoms with Crippen LogP contribution >= 0.6 is 0 Å². The molecular weight excluding hydrogens is 266 g/mol. The lowest BCUT2D eigenvalue weighted by atomic mass is 10.3. The second kappa shape index (κ2) is 7.87. The van der Waals surface area contributed by atoms with Gasteiger partial charge >= 0.3 is 11.7 Å². The van der Waals surface area contributed by atoms with Crippen molar-refractivity contribution in [1.29, 1.82) is 0 Å². The van der Waals surface area contributed by atoms with E-state index in [2.05, 4.69) is 25.3 Å². The Morgan fingerprint density at radius 2 is 1.95 bits per heavy atom. The number of carbonyl (C=O) groups excluding carboxylic acids is 1. The van der Waals surface area contributed by atoms with Gasteiger partial charge in [-0.1, -0.05) is 6.92 Å². The first kappa shape index (κ1) is 15.6. The van der Waals surface area contributed by atoms with Crippen molar-refractivity contribution in [3.05, 3.63) is 16.4 Å². The molecule has 1 aromatic heterocycles. The Kier molecular flexibility index (Phi) is 6.14. The van der Waals surface area contributed by atoms with E-state index >= 15 is 0 Å². The number of nitrogens with zero attached hydrogens (tertiary/aromatic N) is 3. The predicted molar refractivity (Wildman–Crippen MR) is 72.6 cm³/mol. The van der Waals surface area contributed by atoms with Crippen LogP contribution < -0.4 is 10.6 Å². The van der Waals surface area contributed by atoms with E-state index in [0.29, 0.717) is 6.54 Å². The molecule has 0 bridgehead atoms. The molecule has 0 aliphatic rings. The molecule has 20 heavy (non-hydrogen) atoms. The molecule has 0 saturated carbocycles. The quantitative estimate of drug-likeness (QED) is 0.414. The highest BCUT2D eigenvalue weighted by Crippen LogP contribution is 2.28. The van der Waals surface area contributed by atoms with Crippen LogP contribution in [0.15, 0.2) is 6.33 Å². The van der Waals surface area contributed by atoms with Crippen molar-refractivity contribution in [2.45, 2.75) is 19.8 Å². The first-order valence-electron chi connectivity index (χ1n) is 6.14. The number of ether oxygens (including phenoxy) is 1. The number of nitrogens with one attached hydrogen (secondary N) is 2. The van der Waals surface area contributed by atoms with Crippen LogP contribution in [0.25, 0.3) is 0 Å². The lowest BCUT2D eigenvalue weighted by Crippen LogP contribution is -2.13. The van der Waals surface area contributed by atoms with Gasteiger partial charge in [0.1, 0.15) is 6.33 Å². The van der Waals surface area contributed by atoms with Crippen LogP contribution in [0.4, 0.5) is 17.3 Å². The molecule has 0 aliphatic heterocycles. The van der Waals surface area contributed by atoms with Gasteiger partial charge in [-0.15, -0.1) is 0 Å². The fourth-order valence-corrected chi connectivity index (χ4v) is 1.44. The SMILES string of the molecule is CCCNc1ncnc(NCCC(=O)OC)c1[N+](=O)[O-]. The molecule has 9 nitrogen and oxygen atoms in total. The molecule has 0 fully saturated rings. The van der Waals surface area contributed by atoms with Crippen molar-refractivity contribution in [2.75, 3.05) is 30.8 Å². The smallest absolute Gasteiger partial charge is 0.353 e. The van der Waals surface area contributed by atoms with Gasteiger partial charge in [0.25, 0.3) is 0 Å². The molecule has 1 rings (SSSR count). The van der Waals surface area contributed by atoms with Gasteiger partial charge in [0.15, 0.2) is 0 Å². The number of aromatic nitrogens is 2. The van der Waals surface area contributed by atoms with Gasteiger partial charge in [0, 0.05) is 13.1 Å². The topological polar surface area (TPSA) is 119 Å². The van der Waals surface area contributed by atoms with Gasteiger partial charge < -0.3 is 15.4 Å². The Hall–Kier alpha value is -2.45. The van der Waals surface area contributed by atoms with E-state index in [9.17, 15) is 14.9 Å². The first-order chi connectivity index (χ1) is 9.60. The number of nitro groups is 1. The molecule has 0 amide bonds. The van der Waals surface area contributed by atoms with Crippen LogP contribution in [-0.2, 0) is 9.53 Å². The maximum atomic E-state index is 11.1. The molecule has 0 spiro atoms. The van der Waals surface area contributed by atoms with Crippen LogP contribution in [-0.4, -0.2) is 41.1 Å². The highest BCUT2D eigenvalue weighted by atomic mass is 16.6. The van der Waals surface area contributed by atoms with Crippen LogP contribution in [0.3, 0.4) is 0 Å². The zero-order valence-corrected chi connectivity index (χ0v) is 11.4. The predicted octanol–water partition coefficient (Wildman–Crippen LogP) is 1.18. The van der Waals surface area contributed by atoms with Gasteiger partial charge in [-0.05, 0) is 6.42 Å². The van der Waals surface area contributed by atoms with Gasteiger partial charge in [0.2, 0.25) is 11.6 Å². The van der Waals surface area contributed by atoms with E-state index in [-0.39, 0.29) is 30.3 Å². The number of hydrogen-bond acceptors (Lipinski definition) is 8. The minimum absolute atomic E-state index is 0.0764.